The van der Waals surface area contributed by atoms with Crippen LogP contribution in [-0.2, 0) is 14.3 Å². The van der Waals surface area contributed by atoms with Crippen molar-refractivity contribution in [1.29, 1.82) is 0 Å². The molecule has 2 fully saturated rings. The molecule has 1 aromatic rings. The van der Waals surface area contributed by atoms with Crippen LogP contribution in [0.2, 0.25) is 0 Å². The first-order valence-corrected chi connectivity index (χ1v) is 11.0. The van der Waals surface area contributed by atoms with Crippen LogP contribution in [0.25, 0.3) is 0 Å². The van der Waals surface area contributed by atoms with Crippen LogP contribution in [0.5, 0.6) is 5.75 Å². The molecule has 1 N–H and O–H groups in total. The number of rotatable bonds is 6. The second-order valence-corrected chi connectivity index (χ2v) is 8.45. The second-order valence-electron chi connectivity index (χ2n) is 8.45. The lowest BCUT2D eigenvalue weighted by molar-refractivity contribution is -0.146. The number of methoxy groups -OCH3 is 1. The summed E-state index contributed by atoms with van der Waals surface area (Å²) in [5, 5.41) is 2.90. The molecule has 1 aromatic carbocycles. The maximum atomic E-state index is 13.6. The minimum Gasteiger partial charge on any atom is -0.497 e. The lowest BCUT2D eigenvalue weighted by Gasteiger charge is -2.44. The zero-order valence-corrected chi connectivity index (χ0v) is 18.8. The zero-order chi connectivity index (χ0) is 22.6. The van der Waals surface area contributed by atoms with Crippen LogP contribution in [0.3, 0.4) is 0 Å². The summed E-state index contributed by atoms with van der Waals surface area (Å²) in [5.41, 5.74) is -0.418. The minimum absolute atomic E-state index is 0.0804. The molecule has 1 atom stereocenters. The van der Waals surface area contributed by atoms with Gasteiger partial charge in [-0.2, -0.15) is 0 Å². The van der Waals surface area contributed by atoms with Crippen molar-refractivity contribution < 1.29 is 23.9 Å². The SMILES string of the molecule is CCCNC(=O)[C@@H]1COC2(CCN(C(=O)C(C)C)CC2)N1C(=O)c1ccc(OC)cc1. The van der Waals surface area contributed by atoms with E-state index in [9.17, 15) is 14.4 Å². The Morgan fingerprint density at radius 3 is 2.39 bits per heavy atom. The van der Waals surface area contributed by atoms with Crippen molar-refractivity contribution in [2.45, 2.75) is 51.8 Å². The van der Waals surface area contributed by atoms with Gasteiger partial charge in [0.15, 0.2) is 0 Å². The third-order valence-corrected chi connectivity index (χ3v) is 6.02. The van der Waals surface area contributed by atoms with Crippen LogP contribution in [-0.4, -0.2) is 72.6 Å². The molecule has 0 aromatic heterocycles. The Kier molecular flexibility index (Phi) is 7.20. The molecular weight excluding hydrogens is 398 g/mol. The summed E-state index contributed by atoms with van der Waals surface area (Å²) in [5.74, 6) is 0.213. The molecule has 0 saturated carbocycles. The van der Waals surface area contributed by atoms with E-state index in [1.807, 2.05) is 25.7 Å². The monoisotopic (exact) mass is 431 g/mol. The lowest BCUT2D eigenvalue weighted by Crippen LogP contribution is -2.60. The number of amides is 3. The largest absolute Gasteiger partial charge is 0.497 e. The van der Waals surface area contributed by atoms with Crippen LogP contribution < -0.4 is 10.1 Å². The highest BCUT2D eigenvalue weighted by molar-refractivity contribution is 5.98. The van der Waals surface area contributed by atoms with Crippen molar-refractivity contribution >= 4 is 17.7 Å². The number of likely N-dealkylation sites (tertiary alicyclic amines) is 1. The predicted octanol–water partition coefficient (Wildman–Crippen LogP) is 2.04. The van der Waals surface area contributed by atoms with Gasteiger partial charge in [0.25, 0.3) is 5.91 Å². The highest BCUT2D eigenvalue weighted by atomic mass is 16.5. The molecule has 0 radical (unpaired) electrons. The number of nitrogens with one attached hydrogen (secondary N) is 1. The van der Waals surface area contributed by atoms with Gasteiger partial charge in [0.1, 0.15) is 17.5 Å². The second kappa shape index (κ2) is 9.68. The average molecular weight is 432 g/mol. The average Bonchev–Trinajstić information content (AvgIpc) is 3.15. The van der Waals surface area contributed by atoms with Gasteiger partial charge in [0.2, 0.25) is 11.8 Å². The summed E-state index contributed by atoms with van der Waals surface area (Å²) in [6, 6.07) is 6.16. The summed E-state index contributed by atoms with van der Waals surface area (Å²) in [7, 11) is 1.57. The van der Waals surface area contributed by atoms with Crippen molar-refractivity contribution in [1.82, 2.24) is 15.1 Å². The molecule has 8 nitrogen and oxygen atoms in total. The van der Waals surface area contributed by atoms with Gasteiger partial charge in [-0.3, -0.25) is 19.3 Å². The molecule has 31 heavy (non-hydrogen) atoms. The lowest BCUT2D eigenvalue weighted by atomic mass is 9.95. The predicted molar refractivity (Wildman–Crippen MR) is 116 cm³/mol. The van der Waals surface area contributed by atoms with E-state index in [4.69, 9.17) is 9.47 Å². The van der Waals surface area contributed by atoms with E-state index < -0.39 is 11.8 Å². The standard InChI is InChI=1S/C23H33N3O5/c1-5-12-24-20(27)19-15-31-23(10-13-25(14-11-23)21(28)16(2)3)26(19)22(29)17-6-8-18(30-4)9-7-17/h6-9,16,19H,5,10-15H2,1-4H3,(H,24,27)/t19-/m0/s1. The van der Waals surface area contributed by atoms with Crippen molar-refractivity contribution in [2.24, 2.45) is 5.92 Å². The summed E-state index contributed by atoms with van der Waals surface area (Å²) < 4.78 is 11.4. The Balaban J connectivity index is 1.86. The molecule has 0 bridgehead atoms. The number of ether oxygens (including phenoxy) is 2. The normalized spacial score (nSPS) is 20.2. The molecule has 2 aliphatic rings. The fourth-order valence-electron chi connectivity index (χ4n) is 4.25. The topological polar surface area (TPSA) is 88.2 Å². The molecular formula is C23H33N3O5. The Hall–Kier alpha value is -2.61. The van der Waals surface area contributed by atoms with Crippen molar-refractivity contribution in [3.63, 3.8) is 0 Å². The molecule has 1 spiro atoms. The third-order valence-electron chi connectivity index (χ3n) is 6.02. The van der Waals surface area contributed by atoms with E-state index in [1.165, 1.54) is 0 Å². The van der Waals surface area contributed by atoms with Gasteiger partial charge in [-0.05, 0) is 30.7 Å². The van der Waals surface area contributed by atoms with E-state index in [-0.39, 0.29) is 30.2 Å². The highest BCUT2D eigenvalue weighted by Crippen LogP contribution is 2.39. The van der Waals surface area contributed by atoms with Crippen molar-refractivity contribution in [3.8, 4) is 5.75 Å². The number of hydrogen-bond donors (Lipinski definition) is 1. The number of carbonyl (C=O) groups excluding carboxylic acids is 3. The van der Waals surface area contributed by atoms with Gasteiger partial charge in [-0.25, -0.2) is 0 Å². The number of hydrogen-bond acceptors (Lipinski definition) is 5. The Morgan fingerprint density at radius 1 is 1.19 bits per heavy atom. The van der Waals surface area contributed by atoms with Crippen LogP contribution in [0.15, 0.2) is 24.3 Å². The van der Waals surface area contributed by atoms with Gasteiger partial charge in [-0.1, -0.05) is 20.8 Å². The summed E-state index contributed by atoms with van der Waals surface area (Å²) >= 11 is 0. The van der Waals surface area contributed by atoms with E-state index in [0.29, 0.717) is 43.8 Å². The van der Waals surface area contributed by atoms with Crippen LogP contribution in [0, 0.1) is 5.92 Å². The van der Waals surface area contributed by atoms with Gasteiger partial charge in [-0.15, -0.1) is 0 Å². The molecule has 2 saturated heterocycles. The number of benzene rings is 1. The van der Waals surface area contributed by atoms with Gasteiger partial charge >= 0.3 is 0 Å². The molecule has 0 aliphatic carbocycles. The third kappa shape index (κ3) is 4.69. The highest BCUT2D eigenvalue weighted by Gasteiger charge is 2.54. The Bertz CT molecular complexity index is 800. The fourth-order valence-corrected chi connectivity index (χ4v) is 4.25. The minimum atomic E-state index is -0.890. The summed E-state index contributed by atoms with van der Waals surface area (Å²) in [6.07, 6.45) is 1.76. The molecule has 0 unspecified atom stereocenters. The Labute approximate surface area is 183 Å². The van der Waals surface area contributed by atoms with E-state index in [1.54, 1.807) is 36.3 Å². The number of nitrogens with zero attached hydrogens (tertiary/aromatic N) is 2. The van der Waals surface area contributed by atoms with Gasteiger partial charge in [0, 0.05) is 44.0 Å². The number of carbonyl (C=O) groups is 3. The quantitative estimate of drug-likeness (QED) is 0.745. The fraction of sp³-hybridized carbons (Fsp3) is 0.609. The molecule has 170 valence electrons. The van der Waals surface area contributed by atoms with E-state index in [2.05, 4.69) is 5.32 Å². The maximum absolute atomic E-state index is 13.6. The van der Waals surface area contributed by atoms with Crippen LogP contribution >= 0.6 is 0 Å². The van der Waals surface area contributed by atoms with Crippen molar-refractivity contribution in [2.75, 3.05) is 33.4 Å². The van der Waals surface area contributed by atoms with Gasteiger partial charge in [0.05, 0.1) is 13.7 Å². The summed E-state index contributed by atoms with van der Waals surface area (Å²) in [4.78, 5) is 42.3. The maximum Gasteiger partial charge on any atom is 0.256 e. The van der Waals surface area contributed by atoms with E-state index >= 15 is 0 Å². The first-order chi connectivity index (χ1) is 14.8. The summed E-state index contributed by atoms with van der Waals surface area (Å²) in [6.45, 7) is 7.42. The first kappa shape index (κ1) is 23.1. The molecule has 8 heteroatoms. The van der Waals surface area contributed by atoms with Crippen LogP contribution in [0.4, 0.5) is 0 Å². The molecule has 3 amide bonds. The molecule has 2 aliphatic heterocycles. The number of piperidine rings is 1. The first-order valence-electron chi connectivity index (χ1n) is 11.0. The smallest absolute Gasteiger partial charge is 0.256 e. The Morgan fingerprint density at radius 2 is 1.84 bits per heavy atom. The van der Waals surface area contributed by atoms with Crippen molar-refractivity contribution in [3.05, 3.63) is 29.8 Å². The van der Waals surface area contributed by atoms with E-state index in [0.717, 1.165) is 6.42 Å². The molecule has 3 rings (SSSR count). The van der Waals surface area contributed by atoms with Crippen LogP contribution in [0.1, 0.15) is 50.4 Å². The van der Waals surface area contributed by atoms with Gasteiger partial charge < -0.3 is 19.7 Å². The molecule has 2 heterocycles. The zero-order valence-electron chi connectivity index (χ0n) is 18.8.